The molecule has 0 aliphatic heterocycles. The lowest BCUT2D eigenvalue weighted by molar-refractivity contribution is 0.369. The van der Waals surface area contributed by atoms with Crippen LogP contribution in [0.1, 0.15) is 16.8 Å². The number of hydrogen-bond acceptors (Lipinski definition) is 9. The van der Waals surface area contributed by atoms with Crippen molar-refractivity contribution in [2.24, 2.45) is 0 Å². The van der Waals surface area contributed by atoms with E-state index in [0.717, 1.165) is 16.7 Å². The van der Waals surface area contributed by atoms with E-state index in [-0.39, 0.29) is 23.6 Å². The number of benzene rings is 2. The molecule has 39 heavy (non-hydrogen) atoms. The fourth-order valence-corrected chi connectivity index (χ4v) is 5.88. The summed E-state index contributed by atoms with van der Waals surface area (Å²) in [6, 6.07) is 15.7. The molecule has 0 saturated heterocycles. The van der Waals surface area contributed by atoms with Gasteiger partial charge in [0.25, 0.3) is 10.0 Å². The minimum absolute atomic E-state index is 0.0277. The zero-order chi connectivity index (χ0) is 27.6. The first kappa shape index (κ1) is 27.4. The Bertz CT molecular complexity index is 1730. The average molecular weight is 679 g/mol. The SMILES string of the molecule is Cc1cnc(Cn2cc(-c3onc(-c4ccccc4)c3-c3ccc(S(=O)(=O)NOI)cc3)nn2)c(C)c1SF. The van der Waals surface area contributed by atoms with Crippen molar-refractivity contribution in [1.29, 1.82) is 0 Å². The molecule has 5 aromatic rings. The molecular formula is C25H20FIN6O4S2. The molecular weight excluding hydrogens is 658 g/mol. The zero-order valence-electron chi connectivity index (χ0n) is 20.5. The van der Waals surface area contributed by atoms with Crippen molar-refractivity contribution in [1.82, 2.24) is 30.0 Å². The topological polar surface area (TPSA) is 125 Å². The second-order valence-electron chi connectivity index (χ2n) is 8.51. The Kier molecular flexibility index (Phi) is 8.08. The molecule has 14 heteroatoms. The van der Waals surface area contributed by atoms with Crippen molar-refractivity contribution < 1.29 is 20.0 Å². The van der Waals surface area contributed by atoms with Gasteiger partial charge in [-0.1, -0.05) is 57.7 Å². The van der Waals surface area contributed by atoms with Gasteiger partial charge in [0.1, 0.15) is 28.7 Å². The van der Waals surface area contributed by atoms with Crippen LogP contribution in [0.4, 0.5) is 3.89 Å². The summed E-state index contributed by atoms with van der Waals surface area (Å²) in [5.41, 5.74) is 5.24. The molecule has 0 amide bonds. The molecule has 3 aromatic heterocycles. The van der Waals surface area contributed by atoms with Gasteiger partial charge in [-0.2, -0.15) is 3.89 Å². The lowest BCUT2D eigenvalue weighted by Gasteiger charge is -2.09. The first-order valence-corrected chi connectivity index (χ1v) is 14.5. The largest absolute Gasteiger partial charge is 0.353 e. The van der Waals surface area contributed by atoms with Crippen molar-refractivity contribution >= 4 is 45.2 Å². The summed E-state index contributed by atoms with van der Waals surface area (Å²) in [6.07, 6.45) is 3.33. The van der Waals surface area contributed by atoms with Gasteiger partial charge in [-0.15, -0.1) is 5.10 Å². The molecule has 0 aliphatic rings. The van der Waals surface area contributed by atoms with Crippen LogP contribution >= 0.6 is 35.2 Å². The Balaban J connectivity index is 1.55. The number of aryl methyl sites for hydroxylation is 1. The van der Waals surface area contributed by atoms with Crippen LogP contribution in [0.3, 0.4) is 0 Å². The van der Waals surface area contributed by atoms with Crippen molar-refractivity contribution in [3.8, 4) is 33.8 Å². The van der Waals surface area contributed by atoms with Gasteiger partial charge in [0, 0.05) is 16.7 Å². The number of pyridine rings is 1. The fourth-order valence-electron chi connectivity index (χ4n) is 4.08. The summed E-state index contributed by atoms with van der Waals surface area (Å²) in [5.74, 6) is 0.359. The molecule has 0 aliphatic carbocycles. The third-order valence-electron chi connectivity index (χ3n) is 6.04. The highest BCUT2D eigenvalue weighted by molar-refractivity contribution is 14.1. The summed E-state index contributed by atoms with van der Waals surface area (Å²) in [7, 11) is -3.83. The van der Waals surface area contributed by atoms with E-state index < -0.39 is 10.0 Å². The van der Waals surface area contributed by atoms with Gasteiger partial charge in [-0.25, -0.2) is 16.3 Å². The third-order valence-corrected chi connectivity index (χ3v) is 8.54. The molecule has 0 radical (unpaired) electrons. The van der Waals surface area contributed by atoms with Gasteiger partial charge in [0.15, 0.2) is 11.5 Å². The first-order chi connectivity index (χ1) is 18.8. The number of aromatic nitrogens is 5. The van der Waals surface area contributed by atoms with Crippen molar-refractivity contribution in [2.75, 3.05) is 0 Å². The van der Waals surface area contributed by atoms with Gasteiger partial charge in [-0.05, 0) is 42.7 Å². The highest BCUT2D eigenvalue weighted by Crippen LogP contribution is 2.39. The van der Waals surface area contributed by atoms with Crippen LogP contribution in [0.5, 0.6) is 0 Å². The predicted molar refractivity (Wildman–Crippen MR) is 152 cm³/mol. The molecule has 0 bridgehead atoms. The molecule has 5 rings (SSSR count). The smallest absolute Gasteiger partial charge is 0.263 e. The first-order valence-electron chi connectivity index (χ1n) is 11.4. The Morgan fingerprint density at radius 2 is 1.85 bits per heavy atom. The van der Waals surface area contributed by atoms with E-state index in [1.165, 1.54) is 35.1 Å². The normalized spacial score (nSPS) is 11.7. The number of sulfonamides is 1. The second kappa shape index (κ2) is 11.5. The second-order valence-corrected chi connectivity index (χ2v) is 11.2. The van der Waals surface area contributed by atoms with Crippen LogP contribution in [-0.2, 0) is 19.7 Å². The molecule has 0 spiro atoms. The van der Waals surface area contributed by atoms with Crippen LogP contribution in [0.25, 0.3) is 33.8 Å². The molecule has 10 nitrogen and oxygen atoms in total. The molecule has 3 heterocycles. The highest BCUT2D eigenvalue weighted by atomic mass is 127. The minimum Gasteiger partial charge on any atom is -0.353 e. The lowest BCUT2D eigenvalue weighted by Crippen LogP contribution is -2.20. The van der Waals surface area contributed by atoms with Crippen LogP contribution in [0.15, 0.2) is 81.3 Å². The minimum atomic E-state index is -3.83. The average Bonchev–Trinajstić information content (AvgIpc) is 3.58. The standard InChI is InChI=1S/C25H20FIN6O4S2/c1-15-12-28-20(16(2)25(15)38-26)13-33-14-21(29-31-33)24-22(23(30-36-24)18-6-4-3-5-7-18)17-8-10-19(11-9-17)39(34,35)32-37-27/h3-12,14,32H,13H2,1-2H3. The molecule has 0 atom stereocenters. The Labute approximate surface area is 242 Å². The van der Waals surface area contributed by atoms with Crippen molar-refractivity contribution in [3.05, 3.63) is 83.8 Å². The molecule has 2 aromatic carbocycles. The van der Waals surface area contributed by atoms with Gasteiger partial charge >= 0.3 is 0 Å². The number of nitrogens with one attached hydrogen (secondary N) is 1. The predicted octanol–water partition coefficient (Wildman–Crippen LogP) is 5.86. The van der Waals surface area contributed by atoms with Crippen LogP contribution in [-0.4, -0.2) is 33.6 Å². The maximum atomic E-state index is 13.5. The van der Waals surface area contributed by atoms with E-state index in [0.29, 0.717) is 38.9 Å². The van der Waals surface area contributed by atoms with Crippen LogP contribution in [0, 0.1) is 13.8 Å². The summed E-state index contributed by atoms with van der Waals surface area (Å²) < 4.78 is 50.0. The summed E-state index contributed by atoms with van der Waals surface area (Å²) >= 11 is 1.64. The highest BCUT2D eigenvalue weighted by Gasteiger charge is 2.24. The van der Waals surface area contributed by atoms with E-state index in [1.807, 2.05) is 49.1 Å². The quantitative estimate of drug-likeness (QED) is 0.151. The van der Waals surface area contributed by atoms with Crippen molar-refractivity contribution in [2.45, 2.75) is 30.2 Å². The number of halogens is 2. The van der Waals surface area contributed by atoms with Gasteiger partial charge in [-0.3, -0.25) is 4.98 Å². The van der Waals surface area contributed by atoms with E-state index in [9.17, 15) is 12.3 Å². The van der Waals surface area contributed by atoms with Crippen molar-refractivity contribution in [3.63, 3.8) is 0 Å². The summed E-state index contributed by atoms with van der Waals surface area (Å²) in [5, 5.41) is 12.8. The number of hydrogen-bond donors (Lipinski definition) is 1. The van der Waals surface area contributed by atoms with Gasteiger partial charge in [0.05, 0.1) is 41.0 Å². The van der Waals surface area contributed by atoms with E-state index >= 15 is 0 Å². The van der Waals surface area contributed by atoms with Gasteiger partial charge < -0.3 is 4.52 Å². The Hall–Kier alpha value is -3.18. The van der Waals surface area contributed by atoms with Crippen LogP contribution < -0.4 is 4.89 Å². The molecule has 0 unspecified atom stereocenters. The lowest BCUT2D eigenvalue weighted by atomic mass is 9.98. The summed E-state index contributed by atoms with van der Waals surface area (Å²) in [6.45, 7) is 3.91. The maximum absolute atomic E-state index is 13.5. The van der Waals surface area contributed by atoms with Gasteiger partial charge in [0.2, 0.25) is 0 Å². The third kappa shape index (κ3) is 5.60. The fraction of sp³-hybridized carbons (Fsp3) is 0.120. The number of nitrogens with zero attached hydrogens (tertiary/aromatic N) is 5. The Morgan fingerprint density at radius 1 is 1.10 bits per heavy atom. The zero-order valence-corrected chi connectivity index (χ0v) is 24.3. The number of rotatable bonds is 9. The molecule has 0 fully saturated rings. The van der Waals surface area contributed by atoms with Crippen LogP contribution in [0.2, 0.25) is 0 Å². The van der Waals surface area contributed by atoms with E-state index in [4.69, 9.17) is 4.52 Å². The molecule has 1 N–H and O–H groups in total. The van der Waals surface area contributed by atoms with E-state index in [2.05, 4.69) is 23.6 Å². The Morgan fingerprint density at radius 3 is 2.54 bits per heavy atom. The maximum Gasteiger partial charge on any atom is 0.263 e. The monoisotopic (exact) mass is 678 g/mol. The molecule has 0 saturated carbocycles. The summed E-state index contributed by atoms with van der Waals surface area (Å²) in [4.78, 5) is 6.99. The van der Waals surface area contributed by atoms with E-state index in [1.54, 1.807) is 29.2 Å². The molecule has 200 valence electrons.